The highest BCUT2D eigenvalue weighted by molar-refractivity contribution is 5.87. The highest BCUT2D eigenvalue weighted by atomic mass is 16.2. The van der Waals surface area contributed by atoms with Gasteiger partial charge in [0.05, 0.1) is 0 Å². The van der Waals surface area contributed by atoms with Gasteiger partial charge in [-0.2, -0.15) is 0 Å². The number of amides is 1. The average molecular weight is 235 g/mol. The number of carbonyl (C=O) groups is 1. The van der Waals surface area contributed by atoms with E-state index in [2.05, 4.69) is 13.0 Å². The maximum Gasteiger partial charge on any atom is 0.246 e. The predicted octanol–water partition coefficient (Wildman–Crippen LogP) is 3.69. The number of carbonyl (C=O) groups excluding carboxylic acids is 1. The molecule has 1 heterocycles. The van der Waals surface area contributed by atoms with Gasteiger partial charge in [-0.05, 0) is 32.1 Å². The molecule has 17 heavy (non-hydrogen) atoms. The summed E-state index contributed by atoms with van der Waals surface area (Å²) in [6.07, 6.45) is 16.2. The number of piperidine rings is 1. The molecule has 1 saturated heterocycles. The molecule has 0 radical (unpaired) electrons. The molecular weight excluding hydrogens is 210 g/mol. The Kier molecular flexibility index (Phi) is 7.44. The van der Waals surface area contributed by atoms with Gasteiger partial charge in [0.2, 0.25) is 5.91 Å². The first-order chi connectivity index (χ1) is 8.34. The molecule has 0 N–H and O–H groups in total. The van der Waals surface area contributed by atoms with Gasteiger partial charge in [-0.1, -0.05) is 38.0 Å². The van der Waals surface area contributed by atoms with Gasteiger partial charge in [0.1, 0.15) is 0 Å². The van der Waals surface area contributed by atoms with Crippen LogP contribution in [0, 0.1) is 0 Å². The number of likely N-dealkylation sites (tertiary alicyclic amines) is 1. The van der Waals surface area contributed by atoms with E-state index in [0.717, 1.165) is 32.4 Å². The van der Waals surface area contributed by atoms with Crippen molar-refractivity contribution in [1.82, 2.24) is 4.90 Å². The maximum absolute atomic E-state index is 11.7. The Labute approximate surface area is 105 Å². The molecule has 0 unspecified atom stereocenters. The summed E-state index contributed by atoms with van der Waals surface area (Å²) < 4.78 is 0. The van der Waals surface area contributed by atoms with Crippen molar-refractivity contribution >= 4 is 5.91 Å². The van der Waals surface area contributed by atoms with Crippen LogP contribution in [0.1, 0.15) is 51.9 Å². The second-order valence-electron chi connectivity index (χ2n) is 4.67. The second kappa shape index (κ2) is 9.03. The normalized spacial score (nSPS) is 17.1. The van der Waals surface area contributed by atoms with E-state index >= 15 is 0 Å². The van der Waals surface area contributed by atoms with Crippen molar-refractivity contribution in [2.75, 3.05) is 13.1 Å². The third kappa shape index (κ3) is 6.30. The van der Waals surface area contributed by atoms with Gasteiger partial charge < -0.3 is 4.90 Å². The van der Waals surface area contributed by atoms with Gasteiger partial charge >= 0.3 is 0 Å². The Bertz CT molecular complexity index is 262. The zero-order valence-electron chi connectivity index (χ0n) is 11.0. The quantitative estimate of drug-likeness (QED) is 0.390. The van der Waals surface area contributed by atoms with Crippen molar-refractivity contribution in [1.29, 1.82) is 0 Å². The van der Waals surface area contributed by atoms with Crippen molar-refractivity contribution in [3.63, 3.8) is 0 Å². The van der Waals surface area contributed by atoms with Crippen LogP contribution in [-0.2, 0) is 4.79 Å². The zero-order valence-corrected chi connectivity index (χ0v) is 11.0. The smallest absolute Gasteiger partial charge is 0.246 e. The number of nitrogens with zero attached hydrogens (tertiary/aromatic N) is 1. The zero-order chi connectivity index (χ0) is 12.3. The molecule has 2 heteroatoms. The summed E-state index contributed by atoms with van der Waals surface area (Å²) >= 11 is 0. The van der Waals surface area contributed by atoms with Gasteiger partial charge in [0.25, 0.3) is 0 Å². The van der Waals surface area contributed by atoms with E-state index in [9.17, 15) is 4.79 Å². The first kappa shape index (κ1) is 14.0. The molecule has 1 aliphatic heterocycles. The molecule has 0 saturated carbocycles. The van der Waals surface area contributed by atoms with E-state index in [1.165, 1.54) is 25.7 Å². The first-order valence-electron chi connectivity index (χ1n) is 6.96. The lowest BCUT2D eigenvalue weighted by Crippen LogP contribution is -2.34. The lowest BCUT2D eigenvalue weighted by atomic mass is 10.1. The molecule has 0 atom stereocenters. The van der Waals surface area contributed by atoms with Crippen LogP contribution in [0.5, 0.6) is 0 Å². The fourth-order valence-electron chi connectivity index (χ4n) is 2.04. The summed E-state index contributed by atoms with van der Waals surface area (Å²) in [5.41, 5.74) is 0. The molecular formula is C15H25NO. The lowest BCUT2D eigenvalue weighted by Gasteiger charge is -2.25. The largest absolute Gasteiger partial charge is 0.339 e. The molecule has 2 nitrogen and oxygen atoms in total. The summed E-state index contributed by atoms with van der Waals surface area (Å²) in [4.78, 5) is 13.7. The number of rotatable bonds is 6. The number of allylic oxidation sites excluding steroid dienone is 3. The van der Waals surface area contributed by atoms with E-state index in [-0.39, 0.29) is 5.91 Å². The molecule has 1 amide bonds. The topological polar surface area (TPSA) is 20.3 Å². The van der Waals surface area contributed by atoms with E-state index in [0.29, 0.717) is 0 Å². The van der Waals surface area contributed by atoms with Gasteiger partial charge in [-0.25, -0.2) is 0 Å². The molecule has 0 aromatic carbocycles. The van der Waals surface area contributed by atoms with Gasteiger partial charge in [-0.3, -0.25) is 4.79 Å². The summed E-state index contributed by atoms with van der Waals surface area (Å²) in [7, 11) is 0. The van der Waals surface area contributed by atoms with Crippen LogP contribution < -0.4 is 0 Å². The maximum atomic E-state index is 11.7. The molecule has 1 fully saturated rings. The molecule has 0 aliphatic carbocycles. The average Bonchev–Trinajstić information content (AvgIpc) is 2.38. The number of hydrogen-bond donors (Lipinski definition) is 0. The Balaban J connectivity index is 2.16. The minimum absolute atomic E-state index is 0.169. The summed E-state index contributed by atoms with van der Waals surface area (Å²) in [5.74, 6) is 0.169. The van der Waals surface area contributed by atoms with Gasteiger partial charge in [-0.15, -0.1) is 0 Å². The minimum Gasteiger partial charge on any atom is -0.339 e. The van der Waals surface area contributed by atoms with Crippen LogP contribution in [0.2, 0.25) is 0 Å². The fraction of sp³-hybridized carbons (Fsp3) is 0.667. The molecule has 0 aromatic rings. The molecule has 0 aromatic heterocycles. The summed E-state index contributed by atoms with van der Waals surface area (Å²) in [6.45, 7) is 4.08. The molecule has 1 rings (SSSR count). The Hall–Kier alpha value is -1.05. The van der Waals surface area contributed by atoms with Crippen LogP contribution in [0.3, 0.4) is 0 Å². The van der Waals surface area contributed by atoms with Crippen molar-refractivity contribution < 1.29 is 4.79 Å². The Morgan fingerprint density at radius 1 is 1.12 bits per heavy atom. The summed E-state index contributed by atoms with van der Waals surface area (Å²) in [5, 5.41) is 0. The third-order valence-corrected chi connectivity index (χ3v) is 3.13. The number of unbranched alkanes of at least 4 members (excludes halogenated alkanes) is 3. The molecule has 96 valence electrons. The number of hydrogen-bond acceptors (Lipinski definition) is 1. The Morgan fingerprint density at radius 3 is 2.59 bits per heavy atom. The highest BCUT2D eigenvalue weighted by Gasteiger charge is 2.12. The second-order valence-corrected chi connectivity index (χ2v) is 4.67. The predicted molar refractivity (Wildman–Crippen MR) is 72.9 cm³/mol. The van der Waals surface area contributed by atoms with Crippen molar-refractivity contribution in [3.8, 4) is 0 Å². The van der Waals surface area contributed by atoms with Crippen LogP contribution >= 0.6 is 0 Å². The van der Waals surface area contributed by atoms with Gasteiger partial charge in [0.15, 0.2) is 0 Å². The fourth-order valence-corrected chi connectivity index (χ4v) is 2.04. The lowest BCUT2D eigenvalue weighted by molar-refractivity contribution is -0.126. The standard InChI is InChI=1S/C15H25NO/c1-2-3-4-5-6-7-9-12-15(17)16-13-10-8-11-14-16/h6-7,9,12H,2-5,8,10-11,13-14H2,1H3. The molecule has 0 bridgehead atoms. The van der Waals surface area contributed by atoms with Crippen LogP contribution in [0.25, 0.3) is 0 Å². The van der Waals surface area contributed by atoms with Crippen LogP contribution in [0.15, 0.2) is 24.3 Å². The van der Waals surface area contributed by atoms with E-state index in [1.54, 1.807) is 6.08 Å². The molecule has 1 aliphatic rings. The third-order valence-electron chi connectivity index (χ3n) is 3.13. The Morgan fingerprint density at radius 2 is 1.88 bits per heavy atom. The minimum atomic E-state index is 0.169. The van der Waals surface area contributed by atoms with E-state index in [4.69, 9.17) is 0 Å². The summed E-state index contributed by atoms with van der Waals surface area (Å²) in [6, 6.07) is 0. The highest BCUT2D eigenvalue weighted by Crippen LogP contribution is 2.08. The monoisotopic (exact) mass is 235 g/mol. The molecule has 0 spiro atoms. The van der Waals surface area contributed by atoms with Crippen LogP contribution in [-0.4, -0.2) is 23.9 Å². The SMILES string of the molecule is CCCCCC=CC=CC(=O)N1CCCCC1. The first-order valence-corrected chi connectivity index (χ1v) is 6.96. The van der Waals surface area contributed by atoms with Crippen molar-refractivity contribution in [3.05, 3.63) is 24.3 Å². The van der Waals surface area contributed by atoms with Crippen LogP contribution in [0.4, 0.5) is 0 Å². The van der Waals surface area contributed by atoms with Crippen molar-refractivity contribution in [2.24, 2.45) is 0 Å². The van der Waals surface area contributed by atoms with E-state index < -0.39 is 0 Å². The van der Waals surface area contributed by atoms with Gasteiger partial charge in [0, 0.05) is 19.2 Å². The van der Waals surface area contributed by atoms with Crippen molar-refractivity contribution in [2.45, 2.75) is 51.9 Å². The van der Waals surface area contributed by atoms with E-state index in [1.807, 2.05) is 17.1 Å².